The summed E-state index contributed by atoms with van der Waals surface area (Å²) in [6.07, 6.45) is 0. The van der Waals surface area contributed by atoms with Gasteiger partial charge >= 0.3 is 0 Å². The SMILES string of the molecule is COc1ccc(C(C)(C)C(=O)N[C@@H](C)CN)cc1OC. The Bertz CT molecular complexity index is 472. The number of hydrogen-bond acceptors (Lipinski definition) is 4. The maximum atomic E-state index is 12.3. The smallest absolute Gasteiger partial charge is 0.230 e. The summed E-state index contributed by atoms with van der Waals surface area (Å²) >= 11 is 0. The molecule has 1 aromatic rings. The third kappa shape index (κ3) is 3.42. The van der Waals surface area contributed by atoms with E-state index in [-0.39, 0.29) is 11.9 Å². The van der Waals surface area contributed by atoms with Crippen molar-refractivity contribution in [3.63, 3.8) is 0 Å². The highest BCUT2D eigenvalue weighted by molar-refractivity contribution is 5.87. The van der Waals surface area contributed by atoms with E-state index in [4.69, 9.17) is 15.2 Å². The molecule has 0 aromatic heterocycles. The van der Waals surface area contributed by atoms with E-state index < -0.39 is 5.41 Å². The van der Waals surface area contributed by atoms with Crippen molar-refractivity contribution in [3.05, 3.63) is 23.8 Å². The van der Waals surface area contributed by atoms with Crippen LogP contribution in [-0.2, 0) is 10.2 Å². The second kappa shape index (κ2) is 6.61. The van der Waals surface area contributed by atoms with E-state index in [9.17, 15) is 4.79 Å². The van der Waals surface area contributed by atoms with Crippen LogP contribution in [0.1, 0.15) is 26.3 Å². The van der Waals surface area contributed by atoms with Crippen molar-refractivity contribution in [1.82, 2.24) is 5.32 Å². The Balaban J connectivity index is 3.05. The van der Waals surface area contributed by atoms with Gasteiger partial charge in [0.05, 0.1) is 19.6 Å². The molecule has 1 aromatic carbocycles. The lowest BCUT2D eigenvalue weighted by molar-refractivity contribution is -0.126. The number of hydrogen-bond donors (Lipinski definition) is 2. The standard InChI is InChI=1S/C15H24N2O3/c1-10(9-16)17-14(18)15(2,3)11-6-7-12(19-4)13(8-11)20-5/h6-8,10H,9,16H2,1-5H3,(H,17,18)/t10-/m0/s1. The summed E-state index contributed by atoms with van der Waals surface area (Å²) in [6, 6.07) is 5.44. The van der Waals surface area contributed by atoms with Crippen molar-refractivity contribution in [1.29, 1.82) is 0 Å². The van der Waals surface area contributed by atoms with Gasteiger partial charge in [0.15, 0.2) is 11.5 Å². The molecule has 0 bridgehead atoms. The molecule has 1 amide bonds. The van der Waals surface area contributed by atoms with Crippen LogP contribution in [0.4, 0.5) is 0 Å². The van der Waals surface area contributed by atoms with E-state index in [1.54, 1.807) is 20.3 Å². The zero-order valence-electron chi connectivity index (χ0n) is 12.8. The number of ether oxygens (including phenoxy) is 2. The topological polar surface area (TPSA) is 73.6 Å². The summed E-state index contributed by atoms with van der Waals surface area (Å²) in [6.45, 7) is 6.02. The molecule has 0 unspecified atom stereocenters. The van der Waals surface area contributed by atoms with Gasteiger partial charge in [0.25, 0.3) is 0 Å². The van der Waals surface area contributed by atoms with Gasteiger partial charge in [0.2, 0.25) is 5.91 Å². The molecule has 0 radical (unpaired) electrons. The van der Waals surface area contributed by atoms with Crippen LogP contribution in [0, 0.1) is 0 Å². The Labute approximate surface area is 120 Å². The highest BCUT2D eigenvalue weighted by Crippen LogP contribution is 2.33. The highest BCUT2D eigenvalue weighted by Gasteiger charge is 2.31. The zero-order chi connectivity index (χ0) is 15.3. The Hall–Kier alpha value is -1.75. The quantitative estimate of drug-likeness (QED) is 0.827. The molecular formula is C15H24N2O3. The molecule has 0 spiro atoms. The van der Waals surface area contributed by atoms with E-state index in [1.165, 1.54) is 0 Å². The molecule has 0 saturated heterocycles. The van der Waals surface area contributed by atoms with Gasteiger partial charge in [-0.3, -0.25) is 4.79 Å². The summed E-state index contributed by atoms with van der Waals surface area (Å²) in [5.41, 5.74) is 5.72. The average Bonchev–Trinajstić information content (AvgIpc) is 2.45. The molecule has 0 fully saturated rings. The van der Waals surface area contributed by atoms with Gasteiger partial charge in [-0.2, -0.15) is 0 Å². The fourth-order valence-electron chi connectivity index (χ4n) is 1.82. The minimum absolute atomic E-state index is 0.0538. The van der Waals surface area contributed by atoms with Gasteiger partial charge in [-0.05, 0) is 38.5 Å². The van der Waals surface area contributed by atoms with Crippen molar-refractivity contribution >= 4 is 5.91 Å². The second-order valence-corrected chi connectivity index (χ2v) is 5.30. The first kappa shape index (κ1) is 16.3. The van der Waals surface area contributed by atoms with Gasteiger partial charge in [-0.25, -0.2) is 0 Å². The Morgan fingerprint density at radius 2 is 1.90 bits per heavy atom. The largest absolute Gasteiger partial charge is 0.493 e. The first-order valence-electron chi connectivity index (χ1n) is 6.60. The average molecular weight is 280 g/mol. The second-order valence-electron chi connectivity index (χ2n) is 5.30. The van der Waals surface area contributed by atoms with Crippen LogP contribution in [0.5, 0.6) is 11.5 Å². The molecule has 1 atom stereocenters. The number of benzene rings is 1. The molecule has 0 saturated carbocycles. The van der Waals surface area contributed by atoms with Crippen LogP contribution in [0.2, 0.25) is 0 Å². The lowest BCUT2D eigenvalue weighted by atomic mass is 9.83. The number of nitrogens with two attached hydrogens (primary N) is 1. The number of nitrogens with one attached hydrogen (secondary N) is 1. The highest BCUT2D eigenvalue weighted by atomic mass is 16.5. The lowest BCUT2D eigenvalue weighted by Crippen LogP contribution is -2.46. The van der Waals surface area contributed by atoms with Crippen molar-refractivity contribution in [2.45, 2.75) is 32.2 Å². The molecule has 3 N–H and O–H groups in total. The fraction of sp³-hybridized carbons (Fsp3) is 0.533. The maximum absolute atomic E-state index is 12.3. The molecule has 5 heteroatoms. The number of methoxy groups -OCH3 is 2. The Morgan fingerprint density at radius 3 is 2.40 bits per heavy atom. The molecule has 5 nitrogen and oxygen atoms in total. The van der Waals surface area contributed by atoms with Crippen LogP contribution in [0.25, 0.3) is 0 Å². The Kier molecular flexibility index (Phi) is 5.39. The maximum Gasteiger partial charge on any atom is 0.230 e. The van der Waals surface area contributed by atoms with Crippen LogP contribution >= 0.6 is 0 Å². The van der Waals surface area contributed by atoms with Crippen molar-refractivity contribution in [2.24, 2.45) is 5.73 Å². The summed E-state index contributed by atoms with van der Waals surface area (Å²) in [5.74, 6) is 1.18. The van der Waals surface area contributed by atoms with Gasteiger partial charge in [0.1, 0.15) is 0 Å². The number of rotatable bonds is 6. The zero-order valence-corrected chi connectivity index (χ0v) is 12.8. The number of carbonyl (C=O) groups is 1. The van der Waals surface area contributed by atoms with E-state index >= 15 is 0 Å². The molecule has 20 heavy (non-hydrogen) atoms. The predicted molar refractivity (Wildman–Crippen MR) is 79.2 cm³/mol. The Morgan fingerprint density at radius 1 is 1.30 bits per heavy atom. The minimum atomic E-state index is -0.678. The lowest BCUT2D eigenvalue weighted by Gasteiger charge is -2.26. The van der Waals surface area contributed by atoms with Crippen LogP contribution in [-0.4, -0.2) is 32.7 Å². The predicted octanol–water partition coefficient (Wildman–Crippen LogP) is 1.44. The molecule has 0 aliphatic heterocycles. The van der Waals surface area contributed by atoms with Gasteiger partial charge in [-0.1, -0.05) is 6.07 Å². The van der Waals surface area contributed by atoms with Gasteiger partial charge < -0.3 is 20.5 Å². The fourth-order valence-corrected chi connectivity index (χ4v) is 1.82. The van der Waals surface area contributed by atoms with Crippen LogP contribution in [0.3, 0.4) is 0 Å². The molecule has 0 heterocycles. The van der Waals surface area contributed by atoms with E-state index in [2.05, 4.69) is 5.32 Å². The van der Waals surface area contributed by atoms with Crippen molar-refractivity contribution in [2.75, 3.05) is 20.8 Å². The first-order valence-corrected chi connectivity index (χ1v) is 6.60. The summed E-state index contributed by atoms with van der Waals surface area (Å²) < 4.78 is 10.5. The van der Waals surface area contributed by atoms with Crippen molar-refractivity contribution in [3.8, 4) is 11.5 Å². The number of amides is 1. The normalized spacial score (nSPS) is 12.7. The van der Waals surface area contributed by atoms with Crippen LogP contribution in [0.15, 0.2) is 18.2 Å². The van der Waals surface area contributed by atoms with E-state index in [1.807, 2.05) is 32.9 Å². The summed E-state index contributed by atoms with van der Waals surface area (Å²) in [4.78, 5) is 12.3. The van der Waals surface area contributed by atoms with Gasteiger partial charge in [-0.15, -0.1) is 0 Å². The third-order valence-corrected chi connectivity index (χ3v) is 3.40. The molecule has 0 aliphatic rings. The monoisotopic (exact) mass is 280 g/mol. The molecular weight excluding hydrogens is 256 g/mol. The van der Waals surface area contributed by atoms with Gasteiger partial charge in [0, 0.05) is 12.6 Å². The molecule has 0 aliphatic carbocycles. The first-order chi connectivity index (χ1) is 9.36. The molecule has 112 valence electrons. The third-order valence-electron chi connectivity index (χ3n) is 3.40. The van der Waals surface area contributed by atoms with E-state index in [0.717, 1.165) is 5.56 Å². The number of carbonyl (C=O) groups excluding carboxylic acids is 1. The summed E-state index contributed by atoms with van der Waals surface area (Å²) in [7, 11) is 3.16. The van der Waals surface area contributed by atoms with Crippen molar-refractivity contribution < 1.29 is 14.3 Å². The minimum Gasteiger partial charge on any atom is -0.493 e. The molecule has 1 rings (SSSR count). The summed E-state index contributed by atoms with van der Waals surface area (Å²) in [5, 5.41) is 2.90. The van der Waals surface area contributed by atoms with Crippen LogP contribution < -0.4 is 20.5 Å². The van der Waals surface area contributed by atoms with E-state index in [0.29, 0.717) is 18.0 Å².